The number of amidine groups is 1. The number of sulfonamides is 1. The third-order valence-electron chi connectivity index (χ3n) is 4.94. The Morgan fingerprint density at radius 3 is 2.45 bits per heavy atom. The van der Waals surface area contributed by atoms with E-state index < -0.39 is 32.7 Å². The Morgan fingerprint density at radius 2 is 1.83 bits per heavy atom. The third-order valence-corrected chi connectivity index (χ3v) is 6.89. The molecule has 156 valence electrons. The predicted molar refractivity (Wildman–Crippen MR) is 109 cm³/mol. The molecule has 1 aliphatic heterocycles. The van der Waals surface area contributed by atoms with E-state index in [4.69, 9.17) is 4.74 Å². The number of aliphatic hydroxyl groups is 1. The molecule has 2 unspecified atom stereocenters. The van der Waals surface area contributed by atoms with Crippen LogP contribution in [-0.2, 0) is 21.2 Å². The normalized spacial score (nSPS) is 22.5. The second kappa shape index (κ2) is 8.51. The molecule has 0 aromatic heterocycles. The number of aliphatic hydroxyl groups excluding tert-OH is 1. The summed E-state index contributed by atoms with van der Waals surface area (Å²) in [4.78, 5) is 4.29. The maximum absolute atomic E-state index is 14.2. The summed E-state index contributed by atoms with van der Waals surface area (Å²) >= 11 is 0. The Morgan fingerprint density at radius 1 is 1.17 bits per heavy atom. The Balaban J connectivity index is 1.90. The minimum absolute atomic E-state index is 0.128. The number of aliphatic imine (C=N–C) groups is 1. The van der Waals surface area contributed by atoms with Crippen LogP contribution in [0.15, 0.2) is 59.6 Å². The number of ether oxygens (including phenoxy) is 1. The molecule has 1 fully saturated rings. The quantitative estimate of drug-likeness (QED) is 0.752. The van der Waals surface area contributed by atoms with Crippen LogP contribution in [0.5, 0.6) is 0 Å². The molecule has 2 aromatic rings. The van der Waals surface area contributed by atoms with Crippen molar-refractivity contribution in [3.63, 3.8) is 0 Å². The van der Waals surface area contributed by atoms with Crippen LogP contribution in [0.3, 0.4) is 0 Å². The summed E-state index contributed by atoms with van der Waals surface area (Å²) in [5.74, 6) is -0.477. The van der Waals surface area contributed by atoms with Crippen LogP contribution in [0.2, 0.25) is 0 Å². The van der Waals surface area contributed by atoms with Crippen LogP contribution >= 0.6 is 0 Å². The lowest BCUT2D eigenvalue weighted by atomic mass is 9.97. The van der Waals surface area contributed by atoms with Gasteiger partial charge < -0.3 is 9.84 Å². The van der Waals surface area contributed by atoms with Crippen LogP contribution in [0.4, 0.5) is 4.39 Å². The number of rotatable bonds is 6. The van der Waals surface area contributed by atoms with Gasteiger partial charge in [0.25, 0.3) is 6.02 Å². The molecule has 0 saturated carbocycles. The fourth-order valence-corrected chi connectivity index (χ4v) is 5.12. The summed E-state index contributed by atoms with van der Waals surface area (Å²) in [6.45, 7) is 3.15. The molecule has 1 heterocycles. The van der Waals surface area contributed by atoms with Gasteiger partial charge >= 0.3 is 0 Å². The average Bonchev–Trinajstić information content (AvgIpc) is 2.65. The van der Waals surface area contributed by atoms with Gasteiger partial charge in [0.1, 0.15) is 16.7 Å². The van der Waals surface area contributed by atoms with Gasteiger partial charge in [0.2, 0.25) is 10.0 Å². The van der Waals surface area contributed by atoms with E-state index >= 15 is 0 Å². The van der Waals surface area contributed by atoms with Crippen molar-refractivity contribution in [2.24, 2.45) is 4.99 Å². The summed E-state index contributed by atoms with van der Waals surface area (Å²) in [5.41, 5.74) is 0.0862. The first kappa shape index (κ1) is 21.3. The molecule has 0 bridgehead atoms. The van der Waals surface area contributed by atoms with Gasteiger partial charge in [0, 0.05) is 12.2 Å². The molecule has 0 spiro atoms. The van der Waals surface area contributed by atoms with Gasteiger partial charge in [0.15, 0.2) is 0 Å². The predicted octanol–water partition coefficient (Wildman–Crippen LogP) is 2.94. The van der Waals surface area contributed by atoms with Gasteiger partial charge in [-0.15, -0.1) is 0 Å². The first-order chi connectivity index (χ1) is 13.7. The summed E-state index contributed by atoms with van der Waals surface area (Å²) in [7, 11) is -3.79. The highest BCUT2D eigenvalue weighted by Crippen LogP contribution is 2.31. The fourth-order valence-electron chi connectivity index (χ4n) is 3.44. The first-order valence-electron chi connectivity index (χ1n) is 9.40. The number of benzene rings is 2. The molecule has 1 aliphatic rings. The summed E-state index contributed by atoms with van der Waals surface area (Å²) in [5, 5.41) is 8.53. The maximum Gasteiger partial charge on any atom is 0.299 e. The van der Waals surface area contributed by atoms with E-state index in [1.165, 1.54) is 6.07 Å². The number of nitrogens with zero attached hydrogens (tertiary/aromatic N) is 1. The third kappa shape index (κ3) is 4.94. The summed E-state index contributed by atoms with van der Waals surface area (Å²) in [6, 6.07) is 14.4. The van der Waals surface area contributed by atoms with Crippen molar-refractivity contribution in [2.75, 3.05) is 6.61 Å². The molecular weight excluding hydrogens is 395 g/mol. The van der Waals surface area contributed by atoms with E-state index in [9.17, 15) is 17.9 Å². The van der Waals surface area contributed by atoms with Gasteiger partial charge in [-0.1, -0.05) is 48.5 Å². The maximum atomic E-state index is 14.2. The van der Waals surface area contributed by atoms with Crippen molar-refractivity contribution in [2.45, 2.75) is 43.6 Å². The van der Waals surface area contributed by atoms with Gasteiger partial charge in [0.05, 0.1) is 6.04 Å². The largest absolute Gasteiger partial charge is 0.457 e. The van der Waals surface area contributed by atoms with Gasteiger partial charge in [-0.25, -0.2) is 22.5 Å². The Labute approximate surface area is 170 Å². The van der Waals surface area contributed by atoms with Crippen molar-refractivity contribution in [1.29, 1.82) is 0 Å². The molecule has 1 saturated heterocycles. The molecule has 2 aromatic carbocycles. The number of halogens is 1. The molecule has 2 N–H and O–H groups in total. The summed E-state index contributed by atoms with van der Waals surface area (Å²) in [6.07, 6.45) is 0.410. The minimum Gasteiger partial charge on any atom is -0.457 e. The smallest absolute Gasteiger partial charge is 0.299 e. The van der Waals surface area contributed by atoms with Crippen molar-refractivity contribution in [3.8, 4) is 0 Å². The average molecular weight is 421 g/mol. The van der Waals surface area contributed by atoms with Crippen molar-refractivity contribution < 1.29 is 22.7 Å². The molecule has 3 rings (SSSR count). The van der Waals surface area contributed by atoms with Crippen LogP contribution in [0.1, 0.15) is 37.4 Å². The molecule has 0 amide bonds. The highest BCUT2D eigenvalue weighted by Gasteiger charge is 2.47. The molecule has 8 heteroatoms. The number of nitrogens with one attached hydrogen (secondary N) is 1. The van der Waals surface area contributed by atoms with Crippen LogP contribution in [0, 0.1) is 5.82 Å². The van der Waals surface area contributed by atoms with E-state index in [0.717, 1.165) is 5.56 Å². The highest BCUT2D eigenvalue weighted by molar-refractivity contribution is 7.90. The first-order valence-corrected chi connectivity index (χ1v) is 11.0. The van der Waals surface area contributed by atoms with Crippen LogP contribution in [-0.4, -0.2) is 37.0 Å². The zero-order valence-corrected chi connectivity index (χ0v) is 17.2. The van der Waals surface area contributed by atoms with E-state index in [2.05, 4.69) is 9.71 Å². The highest BCUT2D eigenvalue weighted by atomic mass is 32.2. The Bertz CT molecular complexity index is 977. The SMILES string of the molecule is CC1(C)OC(=NC(CCO)c2ccccc2F)NS(=O)(=O)C1Cc1ccccc1. The second-order valence-corrected chi connectivity index (χ2v) is 9.38. The van der Waals surface area contributed by atoms with Crippen LogP contribution in [0.25, 0.3) is 0 Å². The molecule has 2 atom stereocenters. The zero-order valence-electron chi connectivity index (χ0n) is 16.4. The van der Waals surface area contributed by atoms with Crippen LogP contribution < -0.4 is 4.72 Å². The molecule has 0 radical (unpaired) electrons. The van der Waals surface area contributed by atoms with Crippen molar-refractivity contribution in [3.05, 3.63) is 71.5 Å². The van der Waals surface area contributed by atoms with Crippen molar-refractivity contribution in [1.82, 2.24) is 4.72 Å². The standard InChI is InChI=1S/C21H25FN2O4S/c1-21(2)19(14-15-8-4-3-5-9-15)29(26,27)24-20(28-21)23-18(12-13-25)16-10-6-7-11-17(16)22/h3-11,18-19,25H,12-14H2,1-2H3,(H,23,24). The van der Waals surface area contributed by atoms with Crippen molar-refractivity contribution >= 4 is 16.0 Å². The lowest BCUT2D eigenvalue weighted by Gasteiger charge is -2.39. The van der Waals surface area contributed by atoms with E-state index in [1.807, 2.05) is 30.3 Å². The molecule has 29 heavy (non-hydrogen) atoms. The molecule has 6 nitrogen and oxygen atoms in total. The van der Waals surface area contributed by atoms with E-state index in [0.29, 0.717) is 0 Å². The van der Waals surface area contributed by atoms with Gasteiger partial charge in [-0.3, -0.25) is 0 Å². The zero-order chi connectivity index (χ0) is 21.1. The summed E-state index contributed by atoms with van der Waals surface area (Å²) < 4.78 is 48.4. The van der Waals surface area contributed by atoms with E-state index in [-0.39, 0.29) is 31.0 Å². The van der Waals surface area contributed by atoms with Gasteiger partial charge in [-0.2, -0.15) is 0 Å². The monoisotopic (exact) mass is 420 g/mol. The fraction of sp³-hybridized carbons (Fsp3) is 0.381. The Hall–Kier alpha value is -2.45. The minimum atomic E-state index is -3.79. The second-order valence-electron chi connectivity index (χ2n) is 7.51. The molecule has 0 aliphatic carbocycles. The number of hydrogen-bond acceptors (Lipinski definition) is 5. The topological polar surface area (TPSA) is 88.0 Å². The number of hydrogen-bond donors (Lipinski definition) is 2. The Kier molecular flexibility index (Phi) is 6.24. The van der Waals surface area contributed by atoms with Gasteiger partial charge in [-0.05, 0) is 38.3 Å². The molecular formula is C21H25FN2O4S. The lowest BCUT2D eigenvalue weighted by molar-refractivity contribution is 0.0759. The lowest BCUT2D eigenvalue weighted by Crippen LogP contribution is -2.59. The van der Waals surface area contributed by atoms with E-state index in [1.54, 1.807) is 32.0 Å².